The van der Waals surface area contributed by atoms with Crippen molar-refractivity contribution in [2.24, 2.45) is 7.05 Å². The largest absolute Gasteiger partial charge is 0.496 e. The zero-order valence-electron chi connectivity index (χ0n) is 13.2. The fourth-order valence-corrected chi connectivity index (χ4v) is 3.27. The standard InChI is InChI=1S/C16H22N4OS/c1-18-15(13-8-4-5-9-14(13)21-2)17-20(16(18)22)12-19-10-6-3-7-11-19/h4-5,8-9H,3,6-7,10-12H2,1-2H3/p+1. The van der Waals surface area contributed by atoms with Crippen LogP contribution in [0.5, 0.6) is 5.75 Å². The summed E-state index contributed by atoms with van der Waals surface area (Å²) >= 11 is 5.57. The molecule has 3 rings (SSSR count). The Kier molecular flexibility index (Phi) is 4.59. The molecule has 2 aromatic rings. The molecule has 6 heteroatoms. The van der Waals surface area contributed by atoms with Crippen molar-refractivity contribution in [3.63, 3.8) is 0 Å². The zero-order valence-corrected chi connectivity index (χ0v) is 14.0. The van der Waals surface area contributed by atoms with Crippen molar-refractivity contribution in [2.45, 2.75) is 25.9 Å². The molecule has 0 aliphatic carbocycles. The van der Waals surface area contributed by atoms with Crippen LogP contribution in [-0.4, -0.2) is 34.5 Å². The monoisotopic (exact) mass is 319 g/mol. The summed E-state index contributed by atoms with van der Waals surface area (Å²) in [6, 6.07) is 7.93. The number of hydrogen-bond donors (Lipinski definition) is 1. The highest BCUT2D eigenvalue weighted by atomic mass is 32.1. The fourth-order valence-electron chi connectivity index (χ4n) is 3.08. The molecule has 5 nitrogen and oxygen atoms in total. The Morgan fingerprint density at radius 2 is 1.95 bits per heavy atom. The highest BCUT2D eigenvalue weighted by molar-refractivity contribution is 7.71. The van der Waals surface area contributed by atoms with Gasteiger partial charge in [0.05, 0.1) is 25.8 Å². The van der Waals surface area contributed by atoms with E-state index < -0.39 is 0 Å². The van der Waals surface area contributed by atoms with Crippen molar-refractivity contribution < 1.29 is 9.64 Å². The fraction of sp³-hybridized carbons (Fsp3) is 0.500. The van der Waals surface area contributed by atoms with Crippen molar-refractivity contribution in [1.82, 2.24) is 14.3 Å². The highest BCUT2D eigenvalue weighted by Crippen LogP contribution is 2.27. The first-order valence-corrected chi connectivity index (χ1v) is 8.22. The number of rotatable bonds is 4. The maximum absolute atomic E-state index is 5.57. The lowest BCUT2D eigenvalue weighted by Gasteiger charge is -2.22. The molecule has 0 radical (unpaired) electrons. The van der Waals surface area contributed by atoms with Gasteiger partial charge in [-0.1, -0.05) is 12.1 Å². The maximum atomic E-state index is 5.57. The average Bonchev–Trinajstić information content (AvgIpc) is 2.84. The van der Waals surface area contributed by atoms with Gasteiger partial charge < -0.3 is 14.2 Å². The van der Waals surface area contributed by atoms with E-state index in [4.69, 9.17) is 22.1 Å². The van der Waals surface area contributed by atoms with Crippen LogP contribution in [0.1, 0.15) is 19.3 Å². The molecule has 2 heterocycles. The molecule has 1 aromatic carbocycles. The van der Waals surface area contributed by atoms with Crippen LogP contribution < -0.4 is 9.64 Å². The Morgan fingerprint density at radius 3 is 2.68 bits per heavy atom. The molecular weight excluding hydrogens is 296 g/mol. The van der Waals surface area contributed by atoms with Gasteiger partial charge in [-0.05, 0) is 43.6 Å². The molecule has 1 fully saturated rings. The molecular formula is C16H23N4OS+. The molecule has 0 saturated carbocycles. The maximum Gasteiger partial charge on any atom is 0.202 e. The van der Waals surface area contributed by atoms with Gasteiger partial charge in [-0.2, -0.15) is 4.68 Å². The van der Waals surface area contributed by atoms with Gasteiger partial charge in [0, 0.05) is 7.05 Å². The van der Waals surface area contributed by atoms with Gasteiger partial charge in [0.2, 0.25) is 4.77 Å². The predicted molar refractivity (Wildman–Crippen MR) is 88.6 cm³/mol. The Balaban J connectivity index is 1.93. The van der Waals surface area contributed by atoms with Gasteiger partial charge in [0.15, 0.2) is 12.5 Å². The summed E-state index contributed by atoms with van der Waals surface area (Å²) in [5, 5.41) is 4.76. The zero-order chi connectivity index (χ0) is 15.5. The number of para-hydroxylation sites is 1. The number of nitrogens with one attached hydrogen (secondary N) is 1. The second-order valence-electron chi connectivity index (χ2n) is 5.83. The molecule has 1 aromatic heterocycles. The number of likely N-dealkylation sites (tertiary alicyclic amines) is 1. The molecule has 0 bridgehead atoms. The molecule has 22 heavy (non-hydrogen) atoms. The average molecular weight is 319 g/mol. The Labute approximate surface area is 136 Å². The van der Waals surface area contributed by atoms with Gasteiger partial charge in [-0.3, -0.25) is 0 Å². The third-order valence-corrected chi connectivity index (χ3v) is 4.81. The van der Waals surface area contributed by atoms with Crippen molar-refractivity contribution in [2.75, 3.05) is 20.2 Å². The van der Waals surface area contributed by atoms with Crippen molar-refractivity contribution in [3.8, 4) is 17.1 Å². The van der Waals surface area contributed by atoms with E-state index in [1.165, 1.54) is 32.4 Å². The van der Waals surface area contributed by atoms with E-state index in [2.05, 4.69) is 0 Å². The quantitative estimate of drug-likeness (QED) is 0.871. The number of nitrogens with zero attached hydrogens (tertiary/aromatic N) is 3. The molecule has 1 saturated heterocycles. The SMILES string of the molecule is COc1ccccc1-c1nn(C[NH+]2CCCCC2)c(=S)n1C. The van der Waals surface area contributed by atoms with Crippen LogP contribution in [0.2, 0.25) is 0 Å². The topological polar surface area (TPSA) is 36.4 Å². The number of quaternary nitrogens is 1. The van der Waals surface area contributed by atoms with E-state index in [0.717, 1.165) is 28.6 Å². The van der Waals surface area contributed by atoms with Crippen molar-refractivity contribution in [3.05, 3.63) is 29.0 Å². The van der Waals surface area contributed by atoms with Gasteiger partial charge >= 0.3 is 0 Å². The Morgan fingerprint density at radius 1 is 1.23 bits per heavy atom. The van der Waals surface area contributed by atoms with Crippen molar-refractivity contribution in [1.29, 1.82) is 0 Å². The molecule has 0 spiro atoms. The third kappa shape index (κ3) is 2.94. The summed E-state index contributed by atoms with van der Waals surface area (Å²) < 4.78 is 10.1. The molecule has 0 amide bonds. The number of piperidine rings is 1. The van der Waals surface area contributed by atoms with Crippen LogP contribution >= 0.6 is 12.2 Å². The van der Waals surface area contributed by atoms with Crippen LogP contribution in [0.3, 0.4) is 0 Å². The van der Waals surface area contributed by atoms with Gasteiger partial charge in [0.25, 0.3) is 0 Å². The minimum absolute atomic E-state index is 0.763. The molecule has 1 N–H and O–H groups in total. The van der Waals surface area contributed by atoms with E-state index >= 15 is 0 Å². The molecule has 1 aliphatic rings. The molecule has 118 valence electrons. The Bertz CT molecular complexity index is 700. The van der Waals surface area contributed by atoms with Crippen LogP contribution in [0.4, 0.5) is 0 Å². The van der Waals surface area contributed by atoms with E-state index in [0.29, 0.717) is 0 Å². The highest BCUT2D eigenvalue weighted by Gasteiger charge is 2.18. The second kappa shape index (κ2) is 6.62. The minimum atomic E-state index is 0.763. The van der Waals surface area contributed by atoms with Crippen LogP contribution in [0, 0.1) is 4.77 Å². The summed E-state index contributed by atoms with van der Waals surface area (Å²) in [5.41, 5.74) is 0.978. The number of hydrogen-bond acceptors (Lipinski definition) is 3. The van der Waals surface area contributed by atoms with Crippen LogP contribution in [0.25, 0.3) is 11.4 Å². The number of aromatic nitrogens is 3. The number of benzene rings is 1. The minimum Gasteiger partial charge on any atom is -0.496 e. The molecule has 0 atom stereocenters. The van der Waals surface area contributed by atoms with E-state index in [9.17, 15) is 0 Å². The van der Waals surface area contributed by atoms with Crippen LogP contribution in [0.15, 0.2) is 24.3 Å². The molecule has 1 aliphatic heterocycles. The lowest BCUT2D eigenvalue weighted by atomic mass is 10.1. The summed E-state index contributed by atoms with van der Waals surface area (Å²) in [4.78, 5) is 1.56. The lowest BCUT2D eigenvalue weighted by molar-refractivity contribution is -0.928. The normalized spacial score (nSPS) is 15.9. The first-order valence-electron chi connectivity index (χ1n) is 7.81. The summed E-state index contributed by atoms with van der Waals surface area (Å²) in [6.45, 7) is 3.27. The third-order valence-electron chi connectivity index (χ3n) is 4.32. The van der Waals surface area contributed by atoms with Crippen LogP contribution in [-0.2, 0) is 13.7 Å². The molecule has 0 unspecified atom stereocenters. The smallest absolute Gasteiger partial charge is 0.202 e. The number of ether oxygens (including phenoxy) is 1. The summed E-state index contributed by atoms with van der Waals surface area (Å²) in [6.07, 6.45) is 3.95. The van der Waals surface area contributed by atoms with Gasteiger partial charge in [-0.15, -0.1) is 5.10 Å². The summed E-state index contributed by atoms with van der Waals surface area (Å²) in [7, 11) is 3.65. The van der Waals surface area contributed by atoms with E-state index in [1.54, 1.807) is 12.0 Å². The predicted octanol–water partition coefficient (Wildman–Crippen LogP) is 1.65. The lowest BCUT2D eigenvalue weighted by Crippen LogP contribution is -3.12. The summed E-state index contributed by atoms with van der Waals surface area (Å²) in [5.74, 6) is 1.68. The van der Waals surface area contributed by atoms with Gasteiger partial charge in [0.1, 0.15) is 5.75 Å². The van der Waals surface area contributed by atoms with Gasteiger partial charge in [-0.25, -0.2) is 0 Å². The van der Waals surface area contributed by atoms with E-state index in [-0.39, 0.29) is 0 Å². The second-order valence-corrected chi connectivity index (χ2v) is 6.20. The first kappa shape index (κ1) is 15.2. The first-order chi connectivity index (χ1) is 10.7. The number of methoxy groups -OCH3 is 1. The van der Waals surface area contributed by atoms with E-state index in [1.807, 2.05) is 40.6 Å². The van der Waals surface area contributed by atoms with Crippen molar-refractivity contribution >= 4 is 12.2 Å². The Hall–Kier alpha value is -1.66.